The summed E-state index contributed by atoms with van der Waals surface area (Å²) in [6, 6.07) is 11.9. The zero-order valence-corrected chi connectivity index (χ0v) is 16.2. The topological polar surface area (TPSA) is 76.1 Å². The molecule has 6 nitrogen and oxygen atoms in total. The fourth-order valence-electron chi connectivity index (χ4n) is 2.83. The van der Waals surface area contributed by atoms with Crippen molar-refractivity contribution >= 4 is 28.4 Å². The molecule has 2 amide bonds. The van der Waals surface area contributed by atoms with Crippen LogP contribution in [0.25, 0.3) is 11.0 Å². The number of anilines is 2. The van der Waals surface area contributed by atoms with E-state index in [1.807, 2.05) is 0 Å². The molecule has 2 N–H and O–H groups in total. The number of rotatable bonds is 4. The number of aromatic nitrogens is 2. The van der Waals surface area contributed by atoms with E-state index in [1.54, 1.807) is 30.6 Å². The molecule has 0 radical (unpaired) electrons. The highest BCUT2D eigenvalue weighted by Crippen LogP contribution is 2.30. The number of halogens is 4. The number of carbonyl (C=O) groups is 1. The van der Waals surface area contributed by atoms with E-state index in [2.05, 4.69) is 20.6 Å². The Kier molecular flexibility index (Phi) is 5.59. The van der Waals surface area contributed by atoms with Gasteiger partial charge in [0.15, 0.2) is 0 Å². The molecule has 0 saturated heterocycles. The molecule has 0 saturated carbocycles. The standard InChI is InChI=1S/C22H14F4N4O2/c23-17-11-15(32-16-6-8-19-20(12-16)28-10-9-27-19)5-7-18(17)30-21(31)29-14-3-1-13(2-4-14)22(24,25)26/h1-12H,(H2,29,30,31). The Labute approximate surface area is 178 Å². The molecule has 0 spiro atoms. The van der Waals surface area contributed by atoms with Gasteiger partial charge in [-0.15, -0.1) is 0 Å². The fraction of sp³-hybridized carbons (Fsp3) is 0.0455. The number of urea groups is 1. The maximum Gasteiger partial charge on any atom is 0.416 e. The number of carbonyl (C=O) groups excluding carboxylic acids is 1. The summed E-state index contributed by atoms with van der Waals surface area (Å²) >= 11 is 0. The quantitative estimate of drug-likeness (QED) is 0.368. The lowest BCUT2D eigenvalue weighted by Crippen LogP contribution is -2.20. The summed E-state index contributed by atoms with van der Waals surface area (Å²) in [5, 5.41) is 4.64. The maximum atomic E-state index is 14.4. The van der Waals surface area contributed by atoms with Crippen LogP contribution in [-0.2, 0) is 6.18 Å². The molecule has 0 aliphatic carbocycles. The SMILES string of the molecule is O=C(Nc1ccc(C(F)(F)F)cc1)Nc1ccc(Oc2ccc3nccnc3c2)cc1F. The molecule has 0 aliphatic heterocycles. The number of fused-ring (bicyclic) bond motifs is 1. The lowest BCUT2D eigenvalue weighted by Gasteiger charge is -2.11. The summed E-state index contributed by atoms with van der Waals surface area (Å²) in [5.74, 6) is -0.136. The van der Waals surface area contributed by atoms with Crippen LogP contribution in [0.1, 0.15) is 5.56 Å². The van der Waals surface area contributed by atoms with E-state index in [9.17, 15) is 22.4 Å². The van der Waals surface area contributed by atoms with Crippen LogP contribution in [0.4, 0.5) is 33.7 Å². The number of nitrogens with zero attached hydrogens (tertiary/aromatic N) is 2. The predicted molar refractivity (Wildman–Crippen MR) is 110 cm³/mol. The number of ether oxygens (including phenoxy) is 1. The fourth-order valence-corrected chi connectivity index (χ4v) is 2.83. The molecule has 1 heterocycles. The highest BCUT2D eigenvalue weighted by molar-refractivity contribution is 5.99. The number of nitrogens with one attached hydrogen (secondary N) is 2. The predicted octanol–water partition coefficient (Wildman–Crippen LogP) is 6.22. The van der Waals surface area contributed by atoms with E-state index >= 15 is 0 Å². The molecule has 162 valence electrons. The number of hydrogen-bond acceptors (Lipinski definition) is 4. The molecule has 0 aliphatic rings. The first-order valence-corrected chi connectivity index (χ1v) is 9.21. The lowest BCUT2D eigenvalue weighted by molar-refractivity contribution is -0.137. The zero-order chi connectivity index (χ0) is 22.7. The van der Waals surface area contributed by atoms with Crippen molar-refractivity contribution < 1.29 is 27.1 Å². The van der Waals surface area contributed by atoms with Crippen LogP contribution in [0.3, 0.4) is 0 Å². The largest absolute Gasteiger partial charge is 0.457 e. The number of amides is 2. The first kappa shape index (κ1) is 21.0. The van der Waals surface area contributed by atoms with Gasteiger partial charge in [-0.25, -0.2) is 9.18 Å². The third-order valence-corrected chi connectivity index (χ3v) is 4.34. The molecular formula is C22H14F4N4O2. The van der Waals surface area contributed by atoms with E-state index in [4.69, 9.17) is 4.74 Å². The second kappa shape index (κ2) is 8.50. The van der Waals surface area contributed by atoms with Crippen LogP contribution in [0.2, 0.25) is 0 Å². The van der Waals surface area contributed by atoms with E-state index < -0.39 is 23.6 Å². The van der Waals surface area contributed by atoms with Gasteiger partial charge in [0.2, 0.25) is 0 Å². The van der Waals surface area contributed by atoms with Gasteiger partial charge in [-0.3, -0.25) is 9.97 Å². The molecule has 1 aromatic heterocycles. The third kappa shape index (κ3) is 4.91. The minimum absolute atomic E-state index is 0.121. The monoisotopic (exact) mass is 442 g/mol. The Morgan fingerprint density at radius 2 is 1.47 bits per heavy atom. The van der Waals surface area contributed by atoms with Gasteiger partial charge in [-0.1, -0.05) is 0 Å². The number of hydrogen-bond donors (Lipinski definition) is 2. The van der Waals surface area contributed by atoms with Crippen LogP contribution in [0.5, 0.6) is 11.5 Å². The first-order chi connectivity index (χ1) is 15.3. The molecule has 0 bridgehead atoms. The number of benzene rings is 3. The summed E-state index contributed by atoms with van der Waals surface area (Å²) in [6.45, 7) is 0. The summed E-state index contributed by atoms with van der Waals surface area (Å²) in [6.07, 6.45) is -1.37. The Hall–Kier alpha value is -4.21. The molecule has 0 atom stereocenters. The van der Waals surface area contributed by atoms with Crippen molar-refractivity contribution in [3.63, 3.8) is 0 Å². The van der Waals surface area contributed by atoms with Gasteiger partial charge >= 0.3 is 12.2 Å². The lowest BCUT2D eigenvalue weighted by atomic mass is 10.2. The minimum atomic E-state index is -4.48. The smallest absolute Gasteiger partial charge is 0.416 e. The summed E-state index contributed by atoms with van der Waals surface area (Å²) in [5.41, 5.74) is 0.443. The van der Waals surface area contributed by atoms with E-state index in [0.717, 1.165) is 30.3 Å². The molecule has 4 rings (SSSR count). The second-order valence-corrected chi connectivity index (χ2v) is 6.60. The first-order valence-electron chi connectivity index (χ1n) is 9.21. The van der Waals surface area contributed by atoms with Crippen LogP contribution in [0, 0.1) is 5.82 Å². The normalized spacial score (nSPS) is 11.2. The number of alkyl halides is 3. The van der Waals surface area contributed by atoms with Crippen LogP contribution >= 0.6 is 0 Å². The van der Waals surface area contributed by atoms with Crippen molar-refractivity contribution in [1.82, 2.24) is 9.97 Å². The van der Waals surface area contributed by atoms with Crippen molar-refractivity contribution in [2.45, 2.75) is 6.18 Å². The van der Waals surface area contributed by atoms with Crippen molar-refractivity contribution in [1.29, 1.82) is 0 Å². The maximum absolute atomic E-state index is 14.4. The van der Waals surface area contributed by atoms with Crippen molar-refractivity contribution in [2.75, 3.05) is 10.6 Å². The highest BCUT2D eigenvalue weighted by atomic mass is 19.4. The van der Waals surface area contributed by atoms with Gasteiger partial charge in [0, 0.05) is 30.2 Å². The minimum Gasteiger partial charge on any atom is -0.457 e. The Morgan fingerprint density at radius 1 is 0.812 bits per heavy atom. The van der Waals surface area contributed by atoms with E-state index in [0.29, 0.717) is 16.8 Å². The molecule has 32 heavy (non-hydrogen) atoms. The third-order valence-electron chi connectivity index (χ3n) is 4.34. The molecule has 10 heteroatoms. The molecular weight excluding hydrogens is 428 g/mol. The average molecular weight is 442 g/mol. The van der Waals surface area contributed by atoms with Gasteiger partial charge < -0.3 is 15.4 Å². The van der Waals surface area contributed by atoms with Gasteiger partial charge in [-0.05, 0) is 48.5 Å². The van der Waals surface area contributed by atoms with Crippen molar-refractivity contribution in [2.24, 2.45) is 0 Å². The van der Waals surface area contributed by atoms with Crippen molar-refractivity contribution in [3.8, 4) is 11.5 Å². The molecule has 0 unspecified atom stereocenters. The van der Waals surface area contributed by atoms with Crippen molar-refractivity contribution in [3.05, 3.63) is 84.4 Å². The zero-order valence-electron chi connectivity index (χ0n) is 16.2. The molecule has 3 aromatic carbocycles. The van der Waals surface area contributed by atoms with Gasteiger partial charge in [0.1, 0.15) is 17.3 Å². The molecule has 4 aromatic rings. The van der Waals surface area contributed by atoms with E-state index in [-0.39, 0.29) is 17.1 Å². The van der Waals surface area contributed by atoms with Crippen LogP contribution < -0.4 is 15.4 Å². The average Bonchev–Trinajstić information content (AvgIpc) is 2.75. The summed E-state index contributed by atoms with van der Waals surface area (Å²) in [4.78, 5) is 20.4. The summed E-state index contributed by atoms with van der Waals surface area (Å²) in [7, 11) is 0. The Balaban J connectivity index is 1.40. The highest BCUT2D eigenvalue weighted by Gasteiger charge is 2.30. The van der Waals surface area contributed by atoms with E-state index in [1.165, 1.54) is 12.1 Å². The second-order valence-electron chi connectivity index (χ2n) is 6.60. The Bertz CT molecular complexity index is 1280. The molecule has 0 fully saturated rings. The van der Waals surface area contributed by atoms with Crippen LogP contribution in [0.15, 0.2) is 73.1 Å². The van der Waals surface area contributed by atoms with Gasteiger partial charge in [0.25, 0.3) is 0 Å². The van der Waals surface area contributed by atoms with Gasteiger partial charge in [-0.2, -0.15) is 13.2 Å². The summed E-state index contributed by atoms with van der Waals surface area (Å²) < 4.78 is 57.8. The Morgan fingerprint density at radius 3 is 2.16 bits per heavy atom. The van der Waals surface area contributed by atoms with Gasteiger partial charge in [0.05, 0.1) is 22.3 Å². The van der Waals surface area contributed by atoms with Crippen LogP contribution in [-0.4, -0.2) is 16.0 Å².